The van der Waals surface area contributed by atoms with Crippen LogP contribution in [0, 0.1) is 5.92 Å². The molecule has 1 heterocycles. The average molecular weight is 277 g/mol. The average Bonchev–Trinajstić information content (AvgIpc) is 2.46. The predicted molar refractivity (Wildman–Crippen MR) is 80.9 cm³/mol. The Balaban J connectivity index is 1.97. The third kappa shape index (κ3) is 3.63. The van der Waals surface area contributed by atoms with E-state index in [0.29, 0.717) is 17.2 Å². The van der Waals surface area contributed by atoms with Crippen LogP contribution in [0.4, 0.5) is 11.4 Å². The number of hydrogen-bond donors (Lipinski definition) is 2. The number of nitrogen functional groups attached to an aromatic ring is 1. The second kappa shape index (κ2) is 6.61. The van der Waals surface area contributed by atoms with Gasteiger partial charge >= 0.3 is 0 Å². The highest BCUT2D eigenvalue weighted by Crippen LogP contribution is 2.22. The van der Waals surface area contributed by atoms with E-state index in [1.807, 2.05) is 6.07 Å². The highest BCUT2D eigenvalue weighted by molar-refractivity contribution is 5.95. The Bertz CT molecular complexity index is 468. The highest BCUT2D eigenvalue weighted by atomic mass is 16.5. The lowest BCUT2D eigenvalue weighted by atomic mass is 10.0. The number of hydrogen-bond acceptors (Lipinski definition) is 4. The van der Waals surface area contributed by atoms with Gasteiger partial charge in [0.05, 0.1) is 18.0 Å². The number of nitrogens with two attached hydrogens (primary N) is 1. The van der Waals surface area contributed by atoms with Crippen molar-refractivity contribution in [1.82, 2.24) is 4.90 Å². The molecule has 1 aromatic rings. The summed E-state index contributed by atoms with van der Waals surface area (Å²) in [6.45, 7) is 2.54. The zero-order valence-electron chi connectivity index (χ0n) is 12.2. The quantitative estimate of drug-likeness (QED) is 0.824. The summed E-state index contributed by atoms with van der Waals surface area (Å²) >= 11 is 0. The molecule has 5 nitrogen and oxygen atoms in total. The first-order chi connectivity index (χ1) is 9.58. The summed E-state index contributed by atoms with van der Waals surface area (Å²) in [5.41, 5.74) is 8.11. The third-order valence-corrected chi connectivity index (χ3v) is 3.54. The first kappa shape index (κ1) is 14.7. The SMILES string of the molecule is CN(C)C(=O)c1ccc(NCC2CCCOC2)c(N)c1. The van der Waals surface area contributed by atoms with Gasteiger partial charge in [0.25, 0.3) is 5.91 Å². The maximum Gasteiger partial charge on any atom is 0.253 e. The molecule has 1 saturated heterocycles. The van der Waals surface area contributed by atoms with E-state index in [1.165, 1.54) is 6.42 Å². The largest absolute Gasteiger partial charge is 0.397 e. The van der Waals surface area contributed by atoms with Gasteiger partial charge < -0.3 is 20.7 Å². The molecular formula is C15H23N3O2. The normalized spacial score (nSPS) is 18.6. The van der Waals surface area contributed by atoms with Crippen LogP contribution < -0.4 is 11.1 Å². The fourth-order valence-electron chi connectivity index (χ4n) is 2.34. The second-order valence-corrected chi connectivity index (χ2v) is 5.47. The molecule has 0 saturated carbocycles. The van der Waals surface area contributed by atoms with E-state index >= 15 is 0 Å². The predicted octanol–water partition coefficient (Wildman–Crippen LogP) is 1.81. The molecule has 20 heavy (non-hydrogen) atoms. The number of rotatable bonds is 4. The molecule has 2 rings (SSSR count). The second-order valence-electron chi connectivity index (χ2n) is 5.47. The number of benzene rings is 1. The van der Waals surface area contributed by atoms with Crippen molar-refractivity contribution in [2.75, 3.05) is 44.9 Å². The lowest BCUT2D eigenvalue weighted by molar-refractivity contribution is 0.0595. The van der Waals surface area contributed by atoms with Gasteiger partial charge in [-0.3, -0.25) is 4.79 Å². The summed E-state index contributed by atoms with van der Waals surface area (Å²) in [6.07, 6.45) is 2.31. The van der Waals surface area contributed by atoms with E-state index in [4.69, 9.17) is 10.5 Å². The Morgan fingerprint density at radius 1 is 1.50 bits per heavy atom. The van der Waals surface area contributed by atoms with Gasteiger partial charge in [-0.15, -0.1) is 0 Å². The number of anilines is 2. The molecule has 0 aromatic heterocycles. The number of nitrogens with one attached hydrogen (secondary N) is 1. The van der Waals surface area contributed by atoms with Crippen LogP contribution in [0.5, 0.6) is 0 Å². The fraction of sp³-hybridized carbons (Fsp3) is 0.533. The van der Waals surface area contributed by atoms with E-state index in [1.54, 1.807) is 31.1 Å². The zero-order valence-corrected chi connectivity index (χ0v) is 12.2. The van der Waals surface area contributed by atoms with E-state index in [0.717, 1.165) is 31.9 Å². The Kier molecular flexibility index (Phi) is 4.84. The molecule has 0 spiro atoms. The fourth-order valence-corrected chi connectivity index (χ4v) is 2.34. The number of carbonyl (C=O) groups is 1. The van der Waals surface area contributed by atoms with Crippen molar-refractivity contribution < 1.29 is 9.53 Å². The molecule has 5 heteroatoms. The molecule has 110 valence electrons. The molecule has 3 N–H and O–H groups in total. The van der Waals surface area contributed by atoms with Gasteiger partial charge in [-0.05, 0) is 37.0 Å². The maximum absolute atomic E-state index is 11.8. The molecule has 1 aromatic carbocycles. The van der Waals surface area contributed by atoms with Crippen molar-refractivity contribution in [2.45, 2.75) is 12.8 Å². The van der Waals surface area contributed by atoms with Crippen LogP contribution in [0.25, 0.3) is 0 Å². The Labute approximate surface area is 120 Å². The van der Waals surface area contributed by atoms with Crippen LogP contribution in [0.3, 0.4) is 0 Å². The van der Waals surface area contributed by atoms with Crippen molar-refractivity contribution in [2.24, 2.45) is 5.92 Å². The number of carbonyl (C=O) groups excluding carboxylic acids is 1. The number of nitrogens with zero attached hydrogens (tertiary/aromatic N) is 1. The van der Waals surface area contributed by atoms with E-state index < -0.39 is 0 Å². The first-order valence-electron chi connectivity index (χ1n) is 7.00. The molecular weight excluding hydrogens is 254 g/mol. The topological polar surface area (TPSA) is 67.6 Å². The summed E-state index contributed by atoms with van der Waals surface area (Å²) in [5.74, 6) is 0.496. The highest BCUT2D eigenvalue weighted by Gasteiger charge is 2.14. The van der Waals surface area contributed by atoms with Crippen molar-refractivity contribution in [3.05, 3.63) is 23.8 Å². The molecule has 0 radical (unpaired) electrons. The van der Waals surface area contributed by atoms with Crippen LogP contribution >= 0.6 is 0 Å². The lowest BCUT2D eigenvalue weighted by Gasteiger charge is -2.23. The lowest BCUT2D eigenvalue weighted by Crippen LogP contribution is -2.25. The summed E-state index contributed by atoms with van der Waals surface area (Å²) in [5, 5.41) is 3.35. The summed E-state index contributed by atoms with van der Waals surface area (Å²) in [6, 6.07) is 5.40. The van der Waals surface area contributed by atoms with Gasteiger partial charge in [0.1, 0.15) is 0 Å². The van der Waals surface area contributed by atoms with Crippen molar-refractivity contribution >= 4 is 17.3 Å². The smallest absolute Gasteiger partial charge is 0.253 e. The minimum atomic E-state index is -0.0380. The van der Waals surface area contributed by atoms with Gasteiger partial charge in [0.15, 0.2) is 0 Å². The molecule has 0 bridgehead atoms. The summed E-state index contributed by atoms with van der Waals surface area (Å²) < 4.78 is 5.46. The minimum Gasteiger partial charge on any atom is -0.397 e. The summed E-state index contributed by atoms with van der Waals surface area (Å²) in [4.78, 5) is 13.4. The Morgan fingerprint density at radius 2 is 2.30 bits per heavy atom. The van der Waals surface area contributed by atoms with E-state index in [2.05, 4.69) is 5.32 Å². The molecule has 1 aliphatic heterocycles. The van der Waals surface area contributed by atoms with Crippen molar-refractivity contribution in [1.29, 1.82) is 0 Å². The van der Waals surface area contributed by atoms with Gasteiger partial charge in [-0.2, -0.15) is 0 Å². The van der Waals surface area contributed by atoms with Crippen LogP contribution in [0.2, 0.25) is 0 Å². The Hall–Kier alpha value is -1.75. The molecule has 1 unspecified atom stereocenters. The molecule has 1 amide bonds. The van der Waals surface area contributed by atoms with Gasteiger partial charge in [0, 0.05) is 32.8 Å². The number of ether oxygens (including phenoxy) is 1. The standard InChI is InChI=1S/C15H23N3O2/c1-18(2)15(19)12-5-6-14(13(16)8-12)17-9-11-4-3-7-20-10-11/h5-6,8,11,17H,3-4,7,9-10,16H2,1-2H3. The molecule has 1 aliphatic rings. The van der Waals surface area contributed by atoms with Gasteiger partial charge in [0.2, 0.25) is 0 Å². The number of amides is 1. The van der Waals surface area contributed by atoms with Crippen LogP contribution in [0.15, 0.2) is 18.2 Å². The third-order valence-electron chi connectivity index (χ3n) is 3.54. The first-order valence-corrected chi connectivity index (χ1v) is 7.00. The van der Waals surface area contributed by atoms with Crippen LogP contribution in [0.1, 0.15) is 23.2 Å². The monoisotopic (exact) mass is 277 g/mol. The minimum absolute atomic E-state index is 0.0380. The Morgan fingerprint density at radius 3 is 2.90 bits per heavy atom. The molecule has 0 aliphatic carbocycles. The zero-order chi connectivity index (χ0) is 14.5. The van der Waals surface area contributed by atoms with Crippen LogP contribution in [-0.4, -0.2) is 44.7 Å². The molecule has 1 fully saturated rings. The van der Waals surface area contributed by atoms with Gasteiger partial charge in [-0.25, -0.2) is 0 Å². The van der Waals surface area contributed by atoms with Crippen LogP contribution in [-0.2, 0) is 4.74 Å². The maximum atomic E-state index is 11.8. The van der Waals surface area contributed by atoms with Gasteiger partial charge in [-0.1, -0.05) is 0 Å². The molecule has 1 atom stereocenters. The van der Waals surface area contributed by atoms with E-state index in [-0.39, 0.29) is 5.91 Å². The van der Waals surface area contributed by atoms with E-state index in [9.17, 15) is 4.79 Å². The summed E-state index contributed by atoms with van der Waals surface area (Å²) in [7, 11) is 3.46. The van der Waals surface area contributed by atoms with Crippen molar-refractivity contribution in [3.63, 3.8) is 0 Å². The van der Waals surface area contributed by atoms with Crippen molar-refractivity contribution in [3.8, 4) is 0 Å².